The molecule has 1 amide bonds. The first kappa shape index (κ1) is 19.8. The van der Waals surface area contributed by atoms with Gasteiger partial charge in [0.1, 0.15) is 5.69 Å². The number of thioether (sulfide) groups is 1. The van der Waals surface area contributed by atoms with Crippen LogP contribution in [0.1, 0.15) is 19.0 Å². The molecule has 146 valence electrons. The van der Waals surface area contributed by atoms with Crippen LogP contribution in [0.4, 0.5) is 11.4 Å². The van der Waals surface area contributed by atoms with Crippen LogP contribution < -0.4 is 16.6 Å². The van der Waals surface area contributed by atoms with Gasteiger partial charge < -0.3 is 11.1 Å². The highest BCUT2D eigenvalue weighted by Gasteiger charge is 2.23. The Labute approximate surface area is 168 Å². The summed E-state index contributed by atoms with van der Waals surface area (Å²) in [7, 11) is 1.81. The van der Waals surface area contributed by atoms with E-state index in [9.17, 15) is 9.59 Å². The van der Waals surface area contributed by atoms with Gasteiger partial charge in [-0.2, -0.15) is 0 Å². The minimum atomic E-state index is -0.312. The maximum absolute atomic E-state index is 13.0. The van der Waals surface area contributed by atoms with Gasteiger partial charge in [0.15, 0.2) is 0 Å². The summed E-state index contributed by atoms with van der Waals surface area (Å²) in [6, 6.07) is 16.8. The van der Waals surface area contributed by atoms with Crippen molar-refractivity contribution in [3.8, 4) is 5.69 Å². The molecule has 0 aliphatic heterocycles. The van der Waals surface area contributed by atoms with Gasteiger partial charge in [-0.3, -0.25) is 14.3 Å². The largest absolute Gasteiger partial charge is 0.399 e. The summed E-state index contributed by atoms with van der Waals surface area (Å²) in [5, 5.41) is 2.54. The summed E-state index contributed by atoms with van der Waals surface area (Å²) >= 11 is 1.46. The minimum absolute atomic E-state index is 0.185. The first-order valence-corrected chi connectivity index (χ1v) is 9.97. The average molecular weight is 397 g/mol. The van der Waals surface area contributed by atoms with Crippen molar-refractivity contribution in [2.75, 3.05) is 11.1 Å². The van der Waals surface area contributed by atoms with Gasteiger partial charge in [-0.15, -0.1) is 11.8 Å². The van der Waals surface area contributed by atoms with Gasteiger partial charge in [0.25, 0.3) is 5.56 Å². The smallest absolute Gasteiger partial charge is 0.295 e. The fourth-order valence-electron chi connectivity index (χ4n) is 2.95. The molecule has 0 fully saturated rings. The first-order valence-electron chi connectivity index (χ1n) is 9.09. The Morgan fingerprint density at radius 2 is 1.79 bits per heavy atom. The van der Waals surface area contributed by atoms with Crippen LogP contribution in [0.2, 0.25) is 0 Å². The maximum Gasteiger partial charge on any atom is 0.295 e. The fourth-order valence-corrected chi connectivity index (χ4v) is 3.90. The van der Waals surface area contributed by atoms with Crippen molar-refractivity contribution in [2.24, 2.45) is 7.05 Å². The zero-order chi connectivity index (χ0) is 20.3. The van der Waals surface area contributed by atoms with Crippen LogP contribution in [-0.2, 0) is 11.8 Å². The van der Waals surface area contributed by atoms with Gasteiger partial charge in [0.2, 0.25) is 5.91 Å². The summed E-state index contributed by atoms with van der Waals surface area (Å²) in [5.74, 6) is -0.185. The monoisotopic (exact) mass is 396 g/mol. The third kappa shape index (κ3) is 3.99. The number of nitrogen functional groups attached to an aromatic ring is 1. The Kier molecular flexibility index (Phi) is 5.94. The second-order valence-corrected chi connectivity index (χ2v) is 7.79. The van der Waals surface area contributed by atoms with Crippen LogP contribution in [0.3, 0.4) is 0 Å². The number of nitrogens with two attached hydrogens (primary N) is 1. The Bertz CT molecular complexity index is 1020. The van der Waals surface area contributed by atoms with Crippen LogP contribution in [0.5, 0.6) is 0 Å². The lowest BCUT2D eigenvalue weighted by molar-refractivity contribution is -0.115. The van der Waals surface area contributed by atoms with Crippen LogP contribution in [0.25, 0.3) is 5.69 Å². The second-order valence-electron chi connectivity index (χ2n) is 6.51. The van der Waals surface area contributed by atoms with Crippen molar-refractivity contribution in [3.63, 3.8) is 0 Å². The third-order valence-electron chi connectivity index (χ3n) is 4.62. The molecule has 1 heterocycles. The van der Waals surface area contributed by atoms with Crippen LogP contribution in [0, 0.1) is 6.92 Å². The zero-order valence-corrected chi connectivity index (χ0v) is 17.0. The summed E-state index contributed by atoms with van der Waals surface area (Å²) < 4.78 is 3.31. The molecular formula is C21H24N4O2S. The molecule has 7 heteroatoms. The Morgan fingerprint density at radius 1 is 1.14 bits per heavy atom. The molecule has 6 nitrogen and oxygen atoms in total. The van der Waals surface area contributed by atoms with E-state index in [1.165, 1.54) is 11.8 Å². The maximum atomic E-state index is 13.0. The van der Waals surface area contributed by atoms with Crippen LogP contribution in [-0.4, -0.2) is 20.5 Å². The number of amides is 1. The van der Waals surface area contributed by atoms with Gasteiger partial charge in [0.05, 0.1) is 16.6 Å². The quantitative estimate of drug-likeness (QED) is 0.493. The van der Waals surface area contributed by atoms with E-state index < -0.39 is 0 Å². The molecule has 0 saturated heterocycles. The number of para-hydroxylation sites is 1. The lowest BCUT2D eigenvalue weighted by Crippen LogP contribution is -2.28. The third-order valence-corrected chi connectivity index (χ3v) is 6.00. The Balaban J connectivity index is 1.85. The normalized spacial score (nSPS) is 12.0. The van der Waals surface area contributed by atoms with E-state index in [0.717, 1.165) is 10.6 Å². The number of aromatic nitrogens is 2. The van der Waals surface area contributed by atoms with Gasteiger partial charge in [-0.1, -0.05) is 25.1 Å². The van der Waals surface area contributed by atoms with E-state index in [1.807, 2.05) is 68.4 Å². The number of hydrogen-bond donors (Lipinski definition) is 2. The molecule has 2 aromatic carbocycles. The molecule has 28 heavy (non-hydrogen) atoms. The molecule has 3 N–H and O–H groups in total. The second kappa shape index (κ2) is 8.39. The van der Waals surface area contributed by atoms with Crippen LogP contribution in [0.15, 0.2) is 64.3 Å². The molecule has 1 atom stereocenters. The molecule has 3 rings (SSSR count). The molecular weight excluding hydrogens is 372 g/mol. The van der Waals surface area contributed by atoms with Crippen molar-refractivity contribution < 1.29 is 4.79 Å². The Morgan fingerprint density at radius 3 is 2.39 bits per heavy atom. The average Bonchev–Trinajstić information content (AvgIpc) is 2.91. The Hall–Kier alpha value is -2.93. The number of nitrogens with zero attached hydrogens (tertiary/aromatic N) is 2. The number of rotatable bonds is 6. The highest BCUT2D eigenvalue weighted by atomic mass is 32.2. The van der Waals surface area contributed by atoms with Gasteiger partial charge in [0, 0.05) is 17.6 Å². The summed E-state index contributed by atoms with van der Waals surface area (Å²) in [6.45, 7) is 3.78. The van der Waals surface area contributed by atoms with E-state index in [0.29, 0.717) is 23.5 Å². The molecule has 0 saturated carbocycles. The number of benzene rings is 2. The lowest BCUT2D eigenvalue weighted by atomic mass is 10.3. The van der Waals surface area contributed by atoms with Gasteiger partial charge in [-0.05, 0) is 49.7 Å². The van der Waals surface area contributed by atoms with E-state index in [1.54, 1.807) is 16.4 Å². The highest BCUT2D eigenvalue weighted by molar-refractivity contribution is 8.00. The summed E-state index contributed by atoms with van der Waals surface area (Å²) in [4.78, 5) is 26.8. The SMILES string of the molecule is CCC(Sc1ccc(N)cc1)C(=O)Nc1c(C)n(C)n(-c2ccccc2)c1=O. The molecule has 0 bridgehead atoms. The van der Waals surface area contributed by atoms with E-state index in [2.05, 4.69) is 5.32 Å². The van der Waals surface area contributed by atoms with Crippen molar-refractivity contribution in [1.82, 2.24) is 9.36 Å². The van der Waals surface area contributed by atoms with Gasteiger partial charge >= 0.3 is 0 Å². The van der Waals surface area contributed by atoms with Crippen molar-refractivity contribution in [2.45, 2.75) is 30.4 Å². The number of nitrogens with one attached hydrogen (secondary N) is 1. The number of carbonyl (C=O) groups is 1. The molecule has 1 aromatic heterocycles. The lowest BCUT2D eigenvalue weighted by Gasteiger charge is -2.14. The van der Waals surface area contributed by atoms with Crippen molar-refractivity contribution in [3.05, 3.63) is 70.6 Å². The minimum Gasteiger partial charge on any atom is -0.399 e. The van der Waals surface area contributed by atoms with Crippen molar-refractivity contribution in [1.29, 1.82) is 0 Å². The molecule has 0 aliphatic carbocycles. The first-order chi connectivity index (χ1) is 13.4. The van der Waals surface area contributed by atoms with E-state index >= 15 is 0 Å². The highest BCUT2D eigenvalue weighted by Crippen LogP contribution is 2.27. The van der Waals surface area contributed by atoms with E-state index in [-0.39, 0.29) is 16.7 Å². The molecule has 1 unspecified atom stereocenters. The predicted octanol–water partition coefficient (Wildman–Crippen LogP) is 3.58. The number of hydrogen-bond acceptors (Lipinski definition) is 4. The molecule has 0 aliphatic rings. The van der Waals surface area contributed by atoms with E-state index in [4.69, 9.17) is 5.73 Å². The standard InChI is InChI=1S/C21H24N4O2S/c1-4-18(28-17-12-10-15(22)11-13-17)20(26)23-19-14(2)24(3)25(21(19)27)16-8-6-5-7-9-16/h5-13,18H,4,22H2,1-3H3,(H,23,26). The number of carbonyl (C=O) groups excluding carboxylic acids is 1. The predicted molar refractivity (Wildman–Crippen MR) is 115 cm³/mol. The van der Waals surface area contributed by atoms with Crippen molar-refractivity contribution >= 4 is 29.0 Å². The van der Waals surface area contributed by atoms with Gasteiger partial charge in [-0.25, -0.2) is 4.68 Å². The molecule has 3 aromatic rings. The van der Waals surface area contributed by atoms with Crippen LogP contribution >= 0.6 is 11.8 Å². The topological polar surface area (TPSA) is 82.1 Å². The zero-order valence-electron chi connectivity index (χ0n) is 16.2. The number of anilines is 2. The summed E-state index contributed by atoms with van der Waals surface area (Å²) in [6.07, 6.45) is 0.639. The molecule has 0 spiro atoms. The summed E-state index contributed by atoms with van der Waals surface area (Å²) in [5.41, 5.74) is 7.93. The molecule has 0 radical (unpaired) electrons. The fraction of sp³-hybridized carbons (Fsp3) is 0.238.